The highest BCUT2D eigenvalue weighted by atomic mass is 15.2. The zero-order chi connectivity index (χ0) is 12.9. The molecule has 0 amide bonds. The number of hydrogen-bond donors (Lipinski definition) is 3. The van der Waals surface area contributed by atoms with Gasteiger partial charge in [0.15, 0.2) is 0 Å². The molecular formula is C12H15N7. The first-order valence-electron chi connectivity index (χ1n) is 6.04. The quantitative estimate of drug-likeness (QED) is 0.616. The molecule has 3 rings (SSSR count). The van der Waals surface area contributed by atoms with Crippen LogP contribution in [-0.2, 0) is 19.6 Å². The van der Waals surface area contributed by atoms with Crippen LogP contribution in [-0.4, -0.2) is 34.8 Å². The summed E-state index contributed by atoms with van der Waals surface area (Å²) in [6.45, 7) is 2.37. The van der Waals surface area contributed by atoms with Crippen LogP contribution in [0.25, 0.3) is 0 Å². The maximum absolute atomic E-state index is 4.05. The molecule has 0 saturated carbocycles. The second-order valence-electron chi connectivity index (χ2n) is 4.38. The first kappa shape index (κ1) is 11.7. The molecular weight excluding hydrogens is 242 g/mol. The molecule has 19 heavy (non-hydrogen) atoms. The zero-order valence-electron chi connectivity index (χ0n) is 10.4. The van der Waals surface area contributed by atoms with Gasteiger partial charge in [-0.25, -0.2) is 15.0 Å². The highest BCUT2D eigenvalue weighted by Gasteiger charge is 2.10. The third kappa shape index (κ3) is 3.08. The largest absolute Gasteiger partial charge is 0.347 e. The Hall–Kier alpha value is -2.41. The van der Waals surface area contributed by atoms with Gasteiger partial charge in [-0.05, 0) is 0 Å². The first-order chi connectivity index (χ1) is 9.40. The van der Waals surface area contributed by atoms with Crippen LogP contribution in [0, 0.1) is 0 Å². The van der Waals surface area contributed by atoms with Gasteiger partial charge in [-0.2, -0.15) is 0 Å². The number of H-pyrrole nitrogens is 3. The van der Waals surface area contributed by atoms with Crippen molar-refractivity contribution in [2.24, 2.45) is 0 Å². The number of nitrogens with zero attached hydrogens (tertiary/aromatic N) is 4. The Morgan fingerprint density at radius 3 is 1.32 bits per heavy atom. The minimum absolute atomic E-state index is 0.790. The van der Waals surface area contributed by atoms with E-state index < -0.39 is 0 Å². The lowest BCUT2D eigenvalue weighted by Crippen LogP contribution is -2.23. The van der Waals surface area contributed by atoms with Crippen LogP contribution in [0.5, 0.6) is 0 Å². The fraction of sp³-hybridized carbons (Fsp3) is 0.250. The summed E-state index contributed by atoms with van der Waals surface area (Å²) in [5.74, 6) is 0. The van der Waals surface area contributed by atoms with Crippen molar-refractivity contribution in [2.45, 2.75) is 19.6 Å². The molecule has 0 aliphatic heterocycles. The van der Waals surface area contributed by atoms with Crippen LogP contribution in [0.2, 0.25) is 0 Å². The molecule has 0 aliphatic carbocycles. The van der Waals surface area contributed by atoms with Gasteiger partial charge in [0.1, 0.15) is 0 Å². The predicted octanol–water partition coefficient (Wildman–Crippen LogP) is 1.06. The Labute approximate surface area is 110 Å². The van der Waals surface area contributed by atoms with E-state index >= 15 is 0 Å². The second kappa shape index (κ2) is 5.49. The van der Waals surface area contributed by atoms with E-state index in [9.17, 15) is 0 Å². The minimum atomic E-state index is 0.790. The fourth-order valence-corrected chi connectivity index (χ4v) is 2.00. The van der Waals surface area contributed by atoms with Gasteiger partial charge in [-0.15, -0.1) is 0 Å². The van der Waals surface area contributed by atoms with Crippen LogP contribution in [0.15, 0.2) is 37.6 Å². The Bertz CT molecular complexity index is 481. The highest BCUT2D eigenvalue weighted by molar-refractivity contribution is 5.01. The lowest BCUT2D eigenvalue weighted by molar-refractivity contribution is 0.240. The third-order valence-electron chi connectivity index (χ3n) is 2.85. The summed E-state index contributed by atoms with van der Waals surface area (Å²) in [6, 6.07) is 0. The molecule has 7 heteroatoms. The van der Waals surface area contributed by atoms with Crippen LogP contribution in [0.1, 0.15) is 17.1 Å². The van der Waals surface area contributed by atoms with Gasteiger partial charge in [-0.1, -0.05) is 0 Å². The van der Waals surface area contributed by atoms with Gasteiger partial charge in [0.05, 0.1) is 19.0 Å². The molecule has 3 aromatic heterocycles. The van der Waals surface area contributed by atoms with Crippen LogP contribution in [0.4, 0.5) is 0 Å². The number of rotatable bonds is 6. The highest BCUT2D eigenvalue weighted by Crippen LogP contribution is 2.09. The van der Waals surface area contributed by atoms with Crippen LogP contribution >= 0.6 is 0 Å². The van der Waals surface area contributed by atoms with Crippen molar-refractivity contribution in [3.8, 4) is 0 Å². The Balaban J connectivity index is 1.70. The molecule has 0 aromatic carbocycles. The summed E-state index contributed by atoms with van der Waals surface area (Å²) in [4.78, 5) is 23.8. The Morgan fingerprint density at radius 1 is 0.684 bits per heavy atom. The van der Waals surface area contributed by atoms with Gasteiger partial charge in [-0.3, -0.25) is 4.90 Å². The summed E-state index contributed by atoms with van der Waals surface area (Å²) in [6.07, 6.45) is 10.6. The summed E-state index contributed by atoms with van der Waals surface area (Å²) < 4.78 is 0. The monoisotopic (exact) mass is 257 g/mol. The lowest BCUT2D eigenvalue weighted by atomic mass is 10.3. The predicted molar refractivity (Wildman–Crippen MR) is 68.7 cm³/mol. The van der Waals surface area contributed by atoms with Crippen LogP contribution in [0.3, 0.4) is 0 Å². The van der Waals surface area contributed by atoms with Gasteiger partial charge >= 0.3 is 0 Å². The number of imidazole rings is 3. The zero-order valence-corrected chi connectivity index (χ0v) is 10.4. The summed E-state index contributed by atoms with van der Waals surface area (Å²) >= 11 is 0. The number of hydrogen-bond acceptors (Lipinski definition) is 4. The first-order valence-corrected chi connectivity index (χ1v) is 6.04. The topological polar surface area (TPSA) is 89.3 Å². The summed E-state index contributed by atoms with van der Waals surface area (Å²) in [5, 5.41) is 0. The minimum Gasteiger partial charge on any atom is -0.347 e. The maximum Gasteiger partial charge on any atom is 0.0922 e. The molecule has 3 aromatic rings. The molecule has 0 saturated heterocycles. The number of aromatic amines is 3. The maximum atomic E-state index is 4.05. The standard InChI is InChI=1S/C12H15N7/c1-10(16-7-13-1)4-19(5-11-2-14-8-17-11)6-12-3-15-9-18-12/h1-3,7-9H,4-6H2,(H,13,16)(H,14,17)(H,15,18). The van der Waals surface area contributed by atoms with Gasteiger partial charge in [0, 0.05) is 55.3 Å². The van der Waals surface area contributed by atoms with Crippen molar-refractivity contribution >= 4 is 0 Å². The summed E-state index contributed by atoms with van der Waals surface area (Å²) in [7, 11) is 0. The van der Waals surface area contributed by atoms with Crippen molar-refractivity contribution in [3.63, 3.8) is 0 Å². The molecule has 0 spiro atoms. The van der Waals surface area contributed by atoms with E-state index in [2.05, 4.69) is 34.8 Å². The normalized spacial score (nSPS) is 11.2. The van der Waals surface area contributed by atoms with Gasteiger partial charge < -0.3 is 15.0 Å². The second-order valence-corrected chi connectivity index (χ2v) is 4.38. The lowest BCUT2D eigenvalue weighted by Gasteiger charge is -2.19. The Kier molecular flexibility index (Phi) is 3.37. The van der Waals surface area contributed by atoms with Crippen molar-refractivity contribution in [1.82, 2.24) is 34.8 Å². The van der Waals surface area contributed by atoms with Crippen molar-refractivity contribution < 1.29 is 0 Å². The molecule has 0 aliphatic rings. The average Bonchev–Trinajstić information content (AvgIpc) is 3.10. The van der Waals surface area contributed by atoms with Gasteiger partial charge in [0.25, 0.3) is 0 Å². The van der Waals surface area contributed by atoms with Gasteiger partial charge in [0.2, 0.25) is 0 Å². The van der Waals surface area contributed by atoms with Crippen molar-refractivity contribution in [1.29, 1.82) is 0 Å². The van der Waals surface area contributed by atoms with E-state index in [1.54, 1.807) is 19.0 Å². The molecule has 7 nitrogen and oxygen atoms in total. The van der Waals surface area contributed by atoms with Crippen molar-refractivity contribution in [3.05, 3.63) is 54.7 Å². The van der Waals surface area contributed by atoms with Crippen molar-refractivity contribution in [2.75, 3.05) is 0 Å². The van der Waals surface area contributed by atoms with E-state index in [-0.39, 0.29) is 0 Å². The molecule has 3 heterocycles. The number of aromatic nitrogens is 6. The smallest absolute Gasteiger partial charge is 0.0922 e. The molecule has 0 atom stereocenters. The molecule has 0 radical (unpaired) electrons. The molecule has 3 N–H and O–H groups in total. The molecule has 0 unspecified atom stereocenters. The third-order valence-corrected chi connectivity index (χ3v) is 2.85. The molecule has 98 valence electrons. The van der Waals surface area contributed by atoms with E-state index in [1.807, 2.05) is 18.6 Å². The fourth-order valence-electron chi connectivity index (χ4n) is 2.00. The number of nitrogens with one attached hydrogen (secondary N) is 3. The van der Waals surface area contributed by atoms with E-state index in [0.717, 1.165) is 36.7 Å². The molecule has 0 bridgehead atoms. The van der Waals surface area contributed by atoms with E-state index in [4.69, 9.17) is 0 Å². The average molecular weight is 257 g/mol. The summed E-state index contributed by atoms with van der Waals surface area (Å²) in [5.41, 5.74) is 3.25. The SMILES string of the molecule is c1ncc(CN(Cc2cnc[nH]2)Cc2cnc[nH]2)[nH]1. The van der Waals surface area contributed by atoms with E-state index in [1.165, 1.54) is 0 Å². The van der Waals surface area contributed by atoms with Crippen LogP contribution < -0.4 is 0 Å². The molecule has 0 fully saturated rings. The van der Waals surface area contributed by atoms with E-state index in [0.29, 0.717) is 0 Å². The Morgan fingerprint density at radius 2 is 1.05 bits per heavy atom.